The Balaban J connectivity index is 1.22. The van der Waals surface area contributed by atoms with Crippen LogP contribution in [0.1, 0.15) is 51.7 Å². The highest BCUT2D eigenvalue weighted by molar-refractivity contribution is 5.90. The van der Waals surface area contributed by atoms with Gasteiger partial charge in [-0.15, -0.1) is 0 Å². The summed E-state index contributed by atoms with van der Waals surface area (Å²) in [6.07, 6.45) is 1.56. The number of morpholine rings is 1. The lowest BCUT2D eigenvalue weighted by Crippen LogP contribution is -2.51. The number of alkyl halides is 2. The highest BCUT2D eigenvalue weighted by Gasteiger charge is 2.35. The maximum atomic E-state index is 13.9. The summed E-state index contributed by atoms with van der Waals surface area (Å²) < 4.78 is 33.3. The first kappa shape index (κ1) is 33.0. The number of halogens is 2. The van der Waals surface area contributed by atoms with Crippen molar-refractivity contribution in [1.29, 1.82) is 0 Å². The summed E-state index contributed by atoms with van der Waals surface area (Å²) in [6.45, 7) is 8.30. The molecule has 2 amide bonds. The summed E-state index contributed by atoms with van der Waals surface area (Å²) in [5.41, 5.74) is 5.92. The number of nitrogens with zero attached hydrogens (tertiary/aromatic N) is 9. The Morgan fingerprint density at radius 3 is 2.26 bits per heavy atom. The topological polar surface area (TPSA) is 164 Å². The number of nitrogen functional groups attached to an aromatic ring is 1. The molecule has 0 saturated carbocycles. The minimum Gasteiger partial charge on any atom is -0.378 e. The van der Waals surface area contributed by atoms with Gasteiger partial charge in [0.15, 0.2) is 11.6 Å². The summed E-state index contributed by atoms with van der Waals surface area (Å²) in [5, 5.41) is 0. The van der Waals surface area contributed by atoms with Gasteiger partial charge in [0.2, 0.25) is 29.7 Å². The molecule has 0 spiro atoms. The number of rotatable bonds is 10. The molecule has 46 heavy (non-hydrogen) atoms. The molecule has 0 unspecified atom stereocenters. The number of carbonyl (C=O) groups is 3. The molecule has 3 saturated heterocycles. The van der Waals surface area contributed by atoms with Crippen molar-refractivity contribution in [3.05, 3.63) is 23.5 Å². The van der Waals surface area contributed by atoms with Crippen molar-refractivity contribution in [2.24, 2.45) is 5.92 Å². The second kappa shape index (κ2) is 14.8. The minimum atomic E-state index is -2.92. The summed E-state index contributed by atoms with van der Waals surface area (Å²) in [5.74, 6) is 0.0727. The maximum Gasteiger partial charge on any atom is 0.281 e. The largest absolute Gasteiger partial charge is 0.378 e. The predicted molar refractivity (Wildman–Crippen MR) is 165 cm³/mol. The van der Waals surface area contributed by atoms with Crippen LogP contribution in [0, 0.1) is 5.92 Å². The Labute approximate surface area is 266 Å². The third-order valence-electron chi connectivity index (χ3n) is 8.22. The Hall–Kier alpha value is -4.34. The van der Waals surface area contributed by atoms with Crippen LogP contribution in [-0.4, -0.2) is 118 Å². The van der Waals surface area contributed by atoms with Crippen LogP contribution in [0.4, 0.5) is 26.6 Å². The van der Waals surface area contributed by atoms with E-state index in [4.69, 9.17) is 10.5 Å². The monoisotopic (exact) mass is 642 g/mol. The number of hydrogen-bond donors (Lipinski definition) is 1. The molecule has 16 heteroatoms. The molecule has 0 aromatic carbocycles. The van der Waals surface area contributed by atoms with Gasteiger partial charge >= 0.3 is 0 Å². The molecule has 3 aliphatic rings. The predicted octanol–water partition coefficient (Wildman–Crippen LogP) is 1.89. The van der Waals surface area contributed by atoms with Crippen molar-refractivity contribution in [2.75, 3.05) is 81.1 Å². The third-order valence-corrected chi connectivity index (χ3v) is 8.22. The molecule has 3 aliphatic heterocycles. The average Bonchev–Trinajstić information content (AvgIpc) is 3.55. The van der Waals surface area contributed by atoms with Crippen molar-refractivity contribution in [2.45, 2.75) is 46.0 Å². The fraction of sp³-hybridized carbons (Fsp3) is 0.600. The summed E-state index contributed by atoms with van der Waals surface area (Å²) in [4.78, 5) is 66.7. The smallest absolute Gasteiger partial charge is 0.281 e. The van der Waals surface area contributed by atoms with Crippen LogP contribution in [0.3, 0.4) is 0 Å². The molecule has 2 N–H and O–H groups in total. The van der Waals surface area contributed by atoms with Gasteiger partial charge in [-0.25, -0.2) is 18.7 Å². The zero-order chi connectivity index (χ0) is 32.8. The highest BCUT2D eigenvalue weighted by atomic mass is 19.3. The molecule has 2 aromatic rings. The van der Waals surface area contributed by atoms with Crippen LogP contribution in [0.2, 0.25) is 0 Å². The second-order valence-corrected chi connectivity index (χ2v) is 11.9. The van der Waals surface area contributed by atoms with Crippen molar-refractivity contribution in [1.82, 2.24) is 34.7 Å². The van der Waals surface area contributed by atoms with Crippen LogP contribution in [0.25, 0.3) is 11.4 Å². The molecule has 5 heterocycles. The van der Waals surface area contributed by atoms with E-state index in [-0.39, 0.29) is 47.3 Å². The normalized spacial score (nSPS) is 18.7. The van der Waals surface area contributed by atoms with E-state index in [1.807, 2.05) is 23.6 Å². The zero-order valence-electron chi connectivity index (χ0n) is 26.2. The van der Waals surface area contributed by atoms with E-state index in [1.54, 1.807) is 15.9 Å². The number of ether oxygens (including phenoxy) is 1. The lowest BCUT2D eigenvalue weighted by Gasteiger charge is -2.36. The number of carbonyl (C=O) groups excluding carboxylic acids is 3. The van der Waals surface area contributed by atoms with E-state index in [2.05, 4.69) is 24.9 Å². The van der Waals surface area contributed by atoms with Crippen molar-refractivity contribution in [3.63, 3.8) is 0 Å². The lowest BCUT2D eigenvalue weighted by molar-refractivity contribution is -0.136. The molecule has 248 valence electrons. The van der Waals surface area contributed by atoms with Crippen LogP contribution >= 0.6 is 0 Å². The van der Waals surface area contributed by atoms with Crippen LogP contribution in [0.5, 0.6) is 0 Å². The Morgan fingerprint density at radius 1 is 0.935 bits per heavy atom. The molecule has 0 radical (unpaired) electrons. The summed E-state index contributed by atoms with van der Waals surface area (Å²) in [6, 6.07) is 0. The fourth-order valence-electron chi connectivity index (χ4n) is 5.81. The quantitative estimate of drug-likeness (QED) is 0.375. The van der Waals surface area contributed by atoms with Gasteiger partial charge in [-0.2, -0.15) is 15.0 Å². The number of piperazine rings is 1. The number of ketones is 1. The molecule has 14 nitrogen and oxygen atoms in total. The molecule has 0 bridgehead atoms. The van der Waals surface area contributed by atoms with Crippen LogP contribution < -0.4 is 15.5 Å². The Morgan fingerprint density at radius 2 is 1.61 bits per heavy atom. The SMILES string of the molecule is CC(C)=CC(=O)CCCC(=O)N1CC[C@H](C(=O)N2CCN(c3nc(-c4cnc(N)nc4C(F)F)nc(N4CCOCC4)n3)CC2)C1. The Bertz CT molecular complexity index is 1460. The first-order valence-corrected chi connectivity index (χ1v) is 15.6. The summed E-state index contributed by atoms with van der Waals surface area (Å²) in [7, 11) is 0. The highest BCUT2D eigenvalue weighted by Crippen LogP contribution is 2.30. The van der Waals surface area contributed by atoms with Crippen molar-refractivity contribution >= 4 is 35.4 Å². The minimum absolute atomic E-state index is 0.000347. The fourth-order valence-corrected chi connectivity index (χ4v) is 5.81. The van der Waals surface area contributed by atoms with E-state index in [1.165, 1.54) is 6.20 Å². The first-order chi connectivity index (χ1) is 22.1. The second-order valence-electron chi connectivity index (χ2n) is 11.9. The van der Waals surface area contributed by atoms with Crippen molar-refractivity contribution in [3.8, 4) is 11.4 Å². The van der Waals surface area contributed by atoms with E-state index in [9.17, 15) is 23.2 Å². The number of anilines is 3. The lowest BCUT2D eigenvalue weighted by atomic mass is 10.1. The molecule has 5 rings (SSSR count). The van der Waals surface area contributed by atoms with Gasteiger partial charge in [0.05, 0.1) is 24.7 Å². The van der Waals surface area contributed by atoms with E-state index < -0.39 is 12.1 Å². The Kier molecular flexibility index (Phi) is 10.7. The van der Waals surface area contributed by atoms with Gasteiger partial charge in [0.25, 0.3) is 6.43 Å². The molecule has 3 fully saturated rings. The van der Waals surface area contributed by atoms with Gasteiger partial charge in [-0.05, 0) is 32.8 Å². The molecule has 2 aromatic heterocycles. The summed E-state index contributed by atoms with van der Waals surface area (Å²) >= 11 is 0. The van der Waals surface area contributed by atoms with E-state index >= 15 is 0 Å². The van der Waals surface area contributed by atoms with Crippen LogP contribution in [0.15, 0.2) is 17.8 Å². The van der Waals surface area contributed by atoms with Gasteiger partial charge in [0.1, 0.15) is 5.69 Å². The van der Waals surface area contributed by atoms with Gasteiger partial charge in [-0.3, -0.25) is 14.4 Å². The van der Waals surface area contributed by atoms with Gasteiger partial charge in [0, 0.05) is 71.4 Å². The van der Waals surface area contributed by atoms with E-state index in [0.29, 0.717) is 96.7 Å². The molecular formula is C30H40F2N10O4. The molecular weight excluding hydrogens is 602 g/mol. The molecule has 0 aliphatic carbocycles. The third kappa shape index (κ3) is 8.08. The number of amides is 2. The molecule has 1 atom stereocenters. The standard InChI is InChI=1S/C30H40F2N10O4/c1-19(2)16-21(43)4-3-5-23(44)42-7-6-20(18-42)27(45)39-8-10-40(11-9-39)29-36-26(22-17-34-28(33)35-24(22)25(31)32)37-30(38-29)41-12-14-46-15-13-41/h16-17,20,25H,3-15,18H2,1-2H3,(H2,33,34,35)/t20-/m0/s1. The van der Waals surface area contributed by atoms with Gasteiger partial charge < -0.3 is 30.1 Å². The number of aromatic nitrogens is 5. The number of likely N-dealkylation sites (tertiary alicyclic amines) is 1. The van der Waals surface area contributed by atoms with E-state index in [0.717, 1.165) is 5.57 Å². The van der Waals surface area contributed by atoms with Crippen molar-refractivity contribution < 1.29 is 27.9 Å². The average molecular weight is 643 g/mol. The zero-order valence-corrected chi connectivity index (χ0v) is 26.2. The number of nitrogens with two attached hydrogens (primary N) is 1. The number of allylic oxidation sites excluding steroid dienone is 2. The number of hydrogen-bond acceptors (Lipinski definition) is 12. The first-order valence-electron chi connectivity index (χ1n) is 15.6. The van der Waals surface area contributed by atoms with Crippen LogP contribution in [-0.2, 0) is 19.1 Å². The maximum absolute atomic E-state index is 13.9. The van der Waals surface area contributed by atoms with Gasteiger partial charge in [-0.1, -0.05) is 5.57 Å².